The summed E-state index contributed by atoms with van der Waals surface area (Å²) in [7, 11) is 1.88. The van der Waals surface area contributed by atoms with Crippen LogP contribution in [0, 0.1) is 12.7 Å². The molecule has 0 saturated carbocycles. The Morgan fingerprint density at radius 2 is 2.06 bits per heavy atom. The Labute approximate surface area is 179 Å². The lowest BCUT2D eigenvalue weighted by Gasteiger charge is -2.32. The minimum Gasteiger partial charge on any atom is -0.484 e. The molecule has 1 unspecified atom stereocenters. The van der Waals surface area contributed by atoms with Crippen LogP contribution in [0.25, 0.3) is 0 Å². The van der Waals surface area contributed by atoms with Crippen LogP contribution in [0.5, 0.6) is 5.75 Å². The zero-order valence-electron chi connectivity index (χ0n) is 17.4. The first-order chi connectivity index (χ1) is 15.0. The fraction of sp³-hybridized carbons (Fsp3) is 0.318. The molecule has 1 aliphatic rings. The fourth-order valence-electron chi connectivity index (χ4n) is 3.28. The van der Waals surface area contributed by atoms with Gasteiger partial charge in [-0.05, 0) is 43.3 Å². The summed E-state index contributed by atoms with van der Waals surface area (Å²) in [5.74, 6) is 1.31. The Morgan fingerprint density at radius 1 is 1.26 bits per heavy atom. The van der Waals surface area contributed by atoms with E-state index in [2.05, 4.69) is 15.4 Å². The van der Waals surface area contributed by atoms with Gasteiger partial charge in [0.05, 0.1) is 18.8 Å². The number of carbonyl (C=O) groups is 1. The van der Waals surface area contributed by atoms with Crippen molar-refractivity contribution < 1.29 is 18.7 Å². The number of halogens is 1. The van der Waals surface area contributed by atoms with Crippen LogP contribution in [-0.4, -0.2) is 51.9 Å². The maximum atomic E-state index is 13.0. The van der Waals surface area contributed by atoms with E-state index in [0.717, 1.165) is 11.4 Å². The van der Waals surface area contributed by atoms with Gasteiger partial charge in [0.15, 0.2) is 12.4 Å². The number of amides is 1. The summed E-state index contributed by atoms with van der Waals surface area (Å²) >= 11 is 0. The first-order valence-corrected chi connectivity index (χ1v) is 10.0. The number of rotatable bonds is 6. The first-order valence-electron chi connectivity index (χ1n) is 10.0. The smallest absolute Gasteiger partial charge is 0.260 e. The number of carbonyl (C=O) groups excluding carboxylic acids is 1. The number of ether oxygens (including phenoxy) is 2. The van der Waals surface area contributed by atoms with Crippen LogP contribution >= 0.6 is 0 Å². The van der Waals surface area contributed by atoms with E-state index in [1.165, 1.54) is 24.3 Å². The maximum Gasteiger partial charge on any atom is 0.260 e. The first kappa shape index (κ1) is 20.8. The van der Waals surface area contributed by atoms with Crippen molar-refractivity contribution in [1.29, 1.82) is 0 Å². The van der Waals surface area contributed by atoms with Crippen LogP contribution in [0.4, 0.5) is 16.0 Å². The number of aromatic nitrogens is 3. The predicted octanol–water partition coefficient (Wildman–Crippen LogP) is 2.99. The standard InChI is InChI=1S/C22H24FN5O3/c1-15-12-21(26-27(15)2)25-20-5-3-4-18(24-20)19-13-28(10-11-30-19)22(29)14-31-17-8-6-16(23)7-9-17/h3-9,12,19H,10-11,13-14H2,1-2H3,(H,24,25,26). The normalized spacial score (nSPS) is 16.2. The fourth-order valence-corrected chi connectivity index (χ4v) is 3.28. The van der Waals surface area contributed by atoms with E-state index in [1.54, 1.807) is 9.58 Å². The van der Waals surface area contributed by atoms with Gasteiger partial charge in [0.2, 0.25) is 0 Å². The van der Waals surface area contributed by atoms with E-state index in [4.69, 9.17) is 9.47 Å². The molecule has 2 aromatic heterocycles. The van der Waals surface area contributed by atoms with E-state index in [-0.39, 0.29) is 24.4 Å². The molecule has 0 aliphatic carbocycles. The quantitative estimate of drug-likeness (QED) is 0.654. The molecule has 3 aromatic rings. The Bertz CT molecular complexity index is 1030. The molecule has 1 aromatic carbocycles. The Morgan fingerprint density at radius 3 is 2.81 bits per heavy atom. The summed E-state index contributed by atoms with van der Waals surface area (Å²) < 4.78 is 26.1. The van der Waals surface area contributed by atoms with Crippen molar-refractivity contribution in [3.63, 3.8) is 0 Å². The van der Waals surface area contributed by atoms with Gasteiger partial charge in [-0.2, -0.15) is 5.10 Å². The van der Waals surface area contributed by atoms with Crippen molar-refractivity contribution in [1.82, 2.24) is 19.7 Å². The van der Waals surface area contributed by atoms with Gasteiger partial charge in [0.1, 0.15) is 23.5 Å². The molecule has 0 radical (unpaired) electrons. The SMILES string of the molecule is Cc1cc(Nc2cccc(C3CN(C(=O)COc4ccc(F)cc4)CCO3)n2)nn1C. The Hall–Kier alpha value is -3.46. The lowest BCUT2D eigenvalue weighted by atomic mass is 10.2. The third-order valence-corrected chi connectivity index (χ3v) is 5.07. The van der Waals surface area contributed by atoms with E-state index >= 15 is 0 Å². The molecule has 1 N–H and O–H groups in total. The molecular weight excluding hydrogens is 401 g/mol. The summed E-state index contributed by atoms with van der Waals surface area (Å²) in [6.07, 6.45) is -0.337. The highest BCUT2D eigenvalue weighted by Gasteiger charge is 2.26. The number of morpholine rings is 1. The summed E-state index contributed by atoms with van der Waals surface area (Å²) in [6.45, 7) is 3.12. The molecule has 4 rings (SSSR count). The predicted molar refractivity (Wildman–Crippen MR) is 113 cm³/mol. The number of pyridine rings is 1. The summed E-state index contributed by atoms with van der Waals surface area (Å²) in [5.41, 5.74) is 1.76. The highest BCUT2D eigenvalue weighted by Crippen LogP contribution is 2.23. The lowest BCUT2D eigenvalue weighted by Crippen LogP contribution is -2.44. The average molecular weight is 425 g/mol. The molecule has 1 fully saturated rings. The molecule has 162 valence electrons. The third-order valence-electron chi connectivity index (χ3n) is 5.07. The summed E-state index contributed by atoms with van der Waals surface area (Å²) in [5, 5.41) is 7.58. The van der Waals surface area contributed by atoms with Gasteiger partial charge < -0.3 is 19.7 Å². The molecule has 1 saturated heterocycles. The second-order valence-corrected chi connectivity index (χ2v) is 7.31. The topological polar surface area (TPSA) is 81.5 Å². The largest absolute Gasteiger partial charge is 0.484 e. The monoisotopic (exact) mass is 425 g/mol. The zero-order valence-corrected chi connectivity index (χ0v) is 17.4. The van der Waals surface area contributed by atoms with Gasteiger partial charge in [0, 0.05) is 25.4 Å². The van der Waals surface area contributed by atoms with Gasteiger partial charge in [0.25, 0.3) is 5.91 Å². The number of nitrogens with one attached hydrogen (secondary N) is 1. The van der Waals surface area contributed by atoms with Crippen molar-refractivity contribution in [2.24, 2.45) is 7.05 Å². The van der Waals surface area contributed by atoms with Crippen molar-refractivity contribution in [3.8, 4) is 5.75 Å². The molecule has 1 atom stereocenters. The van der Waals surface area contributed by atoms with Crippen molar-refractivity contribution in [2.45, 2.75) is 13.0 Å². The van der Waals surface area contributed by atoms with Crippen molar-refractivity contribution >= 4 is 17.5 Å². The summed E-state index contributed by atoms with van der Waals surface area (Å²) in [6, 6.07) is 13.1. The number of nitrogens with zero attached hydrogens (tertiary/aromatic N) is 4. The van der Waals surface area contributed by atoms with E-state index in [9.17, 15) is 9.18 Å². The average Bonchev–Trinajstić information content (AvgIpc) is 3.10. The Balaban J connectivity index is 1.37. The molecule has 9 heteroatoms. The second kappa shape index (κ2) is 9.13. The van der Waals surface area contributed by atoms with Crippen LogP contribution in [0.15, 0.2) is 48.5 Å². The van der Waals surface area contributed by atoms with Gasteiger partial charge in [-0.1, -0.05) is 6.07 Å². The van der Waals surface area contributed by atoms with E-state index in [0.29, 0.717) is 37.1 Å². The minimum atomic E-state index is -0.350. The van der Waals surface area contributed by atoms with Crippen LogP contribution in [-0.2, 0) is 16.6 Å². The molecular formula is C22H24FN5O3. The molecule has 0 bridgehead atoms. The van der Waals surface area contributed by atoms with Crippen LogP contribution < -0.4 is 10.1 Å². The van der Waals surface area contributed by atoms with Gasteiger partial charge in [-0.15, -0.1) is 0 Å². The maximum absolute atomic E-state index is 13.0. The van der Waals surface area contributed by atoms with Crippen LogP contribution in [0.3, 0.4) is 0 Å². The molecule has 0 spiro atoms. The number of hydrogen-bond acceptors (Lipinski definition) is 6. The highest BCUT2D eigenvalue weighted by molar-refractivity contribution is 5.78. The number of anilines is 2. The highest BCUT2D eigenvalue weighted by atomic mass is 19.1. The lowest BCUT2D eigenvalue weighted by molar-refractivity contribution is -0.141. The molecule has 8 nitrogen and oxygen atoms in total. The number of aryl methyl sites for hydroxylation is 2. The number of benzene rings is 1. The zero-order chi connectivity index (χ0) is 21.8. The van der Waals surface area contributed by atoms with Crippen molar-refractivity contribution in [2.75, 3.05) is 31.6 Å². The molecule has 1 amide bonds. The van der Waals surface area contributed by atoms with Crippen LogP contribution in [0.2, 0.25) is 0 Å². The van der Waals surface area contributed by atoms with Crippen LogP contribution in [0.1, 0.15) is 17.5 Å². The van der Waals surface area contributed by atoms with E-state index < -0.39 is 0 Å². The minimum absolute atomic E-state index is 0.119. The molecule has 3 heterocycles. The molecule has 1 aliphatic heterocycles. The van der Waals surface area contributed by atoms with Gasteiger partial charge in [-0.25, -0.2) is 9.37 Å². The third kappa shape index (κ3) is 5.18. The van der Waals surface area contributed by atoms with Crippen molar-refractivity contribution in [3.05, 3.63) is 65.7 Å². The summed E-state index contributed by atoms with van der Waals surface area (Å²) in [4.78, 5) is 18.9. The Kier molecular flexibility index (Phi) is 6.13. The van der Waals surface area contributed by atoms with Gasteiger partial charge >= 0.3 is 0 Å². The van der Waals surface area contributed by atoms with E-state index in [1.807, 2.05) is 38.2 Å². The molecule has 31 heavy (non-hydrogen) atoms. The van der Waals surface area contributed by atoms with Gasteiger partial charge in [-0.3, -0.25) is 9.48 Å². The second-order valence-electron chi connectivity index (χ2n) is 7.31. The number of hydrogen-bond donors (Lipinski definition) is 1.